The normalized spacial score (nSPS) is 10.1. The van der Waals surface area contributed by atoms with Crippen molar-refractivity contribution in [3.63, 3.8) is 0 Å². The van der Waals surface area contributed by atoms with Crippen molar-refractivity contribution in [1.29, 1.82) is 0 Å². The maximum absolute atomic E-state index is 4.29. The van der Waals surface area contributed by atoms with Crippen LogP contribution in [-0.4, -0.2) is 9.55 Å². The van der Waals surface area contributed by atoms with Crippen molar-refractivity contribution in [2.24, 2.45) is 0 Å². The quantitative estimate of drug-likeness (QED) is 0.691. The fourth-order valence-corrected chi connectivity index (χ4v) is 1.58. The highest BCUT2D eigenvalue weighted by atomic mass is 15.1. The molecule has 0 aliphatic rings. The van der Waals surface area contributed by atoms with Crippen LogP contribution in [0.15, 0.2) is 55.4 Å². The first kappa shape index (κ1) is 9.71. The summed E-state index contributed by atoms with van der Waals surface area (Å²) in [4.78, 5) is 4.29. The van der Waals surface area contributed by atoms with Crippen molar-refractivity contribution in [3.05, 3.63) is 66.8 Å². The van der Waals surface area contributed by atoms with Crippen molar-refractivity contribution in [1.82, 2.24) is 9.55 Å². The first-order valence-electron chi connectivity index (χ1n) is 5.05. The van der Waals surface area contributed by atoms with Gasteiger partial charge in [0.15, 0.2) is 0 Å². The van der Waals surface area contributed by atoms with E-state index in [9.17, 15) is 0 Å². The Hall–Kier alpha value is -1.83. The molecular formula is C13H14N2. The summed E-state index contributed by atoms with van der Waals surface area (Å²) in [7, 11) is 0. The molecule has 0 aliphatic heterocycles. The maximum Gasteiger partial charge on any atom is 0.112 e. The van der Waals surface area contributed by atoms with Crippen LogP contribution in [0.3, 0.4) is 0 Å². The van der Waals surface area contributed by atoms with Crippen LogP contribution in [0.25, 0.3) is 0 Å². The first-order chi connectivity index (χ1) is 7.40. The zero-order valence-corrected chi connectivity index (χ0v) is 8.63. The molecule has 0 spiro atoms. The van der Waals surface area contributed by atoms with Crippen molar-refractivity contribution in [3.8, 4) is 0 Å². The fourth-order valence-electron chi connectivity index (χ4n) is 1.58. The summed E-state index contributed by atoms with van der Waals surface area (Å²) in [6.07, 6.45) is 6.54. The Bertz CT molecular complexity index is 429. The van der Waals surface area contributed by atoms with E-state index in [4.69, 9.17) is 0 Å². The molecule has 0 unspecified atom stereocenters. The summed E-state index contributed by atoms with van der Waals surface area (Å²) in [5.41, 5.74) is 1.29. The van der Waals surface area contributed by atoms with Gasteiger partial charge in [-0.05, 0) is 5.56 Å². The van der Waals surface area contributed by atoms with Gasteiger partial charge in [-0.2, -0.15) is 0 Å². The highest BCUT2D eigenvalue weighted by molar-refractivity contribution is 5.16. The average molecular weight is 198 g/mol. The lowest BCUT2D eigenvalue weighted by Gasteiger charge is -2.06. The van der Waals surface area contributed by atoms with E-state index >= 15 is 0 Å². The van der Waals surface area contributed by atoms with E-state index < -0.39 is 0 Å². The van der Waals surface area contributed by atoms with Crippen molar-refractivity contribution < 1.29 is 0 Å². The number of hydrogen-bond donors (Lipinski definition) is 0. The Morgan fingerprint density at radius 2 is 2.07 bits per heavy atom. The van der Waals surface area contributed by atoms with Crippen LogP contribution in [0, 0.1) is 0 Å². The van der Waals surface area contributed by atoms with E-state index in [0.717, 1.165) is 18.8 Å². The van der Waals surface area contributed by atoms with E-state index in [0.29, 0.717) is 0 Å². The predicted octanol–water partition coefficient (Wildman–Crippen LogP) is 2.66. The van der Waals surface area contributed by atoms with Crippen LogP contribution in [0.2, 0.25) is 0 Å². The van der Waals surface area contributed by atoms with Gasteiger partial charge in [0.1, 0.15) is 5.82 Å². The predicted molar refractivity (Wildman–Crippen MR) is 61.7 cm³/mol. The highest BCUT2D eigenvalue weighted by Gasteiger charge is 2.00. The van der Waals surface area contributed by atoms with E-state index in [-0.39, 0.29) is 0 Å². The minimum atomic E-state index is 0.819. The summed E-state index contributed by atoms with van der Waals surface area (Å²) in [6.45, 7) is 4.61. The van der Waals surface area contributed by atoms with Crippen LogP contribution in [0.5, 0.6) is 0 Å². The number of benzene rings is 1. The number of aromatic nitrogens is 2. The number of allylic oxidation sites excluding steroid dienone is 1. The SMILES string of the molecule is C=CCc1nccn1Cc1ccccc1. The topological polar surface area (TPSA) is 17.8 Å². The fraction of sp³-hybridized carbons (Fsp3) is 0.154. The first-order valence-corrected chi connectivity index (χ1v) is 5.05. The second kappa shape index (κ2) is 4.60. The third kappa shape index (κ3) is 2.34. The van der Waals surface area contributed by atoms with Gasteiger partial charge < -0.3 is 4.57 Å². The molecule has 0 aliphatic carbocycles. The van der Waals surface area contributed by atoms with Gasteiger partial charge in [0.2, 0.25) is 0 Å². The van der Waals surface area contributed by atoms with Crippen LogP contribution in [0.4, 0.5) is 0 Å². The average Bonchev–Trinajstić information content (AvgIpc) is 2.68. The zero-order valence-electron chi connectivity index (χ0n) is 8.63. The molecule has 0 amide bonds. The van der Waals surface area contributed by atoms with E-state index in [1.54, 1.807) is 0 Å². The smallest absolute Gasteiger partial charge is 0.112 e. The molecule has 0 saturated carbocycles. The van der Waals surface area contributed by atoms with Crippen LogP contribution in [-0.2, 0) is 13.0 Å². The molecule has 0 fully saturated rings. The van der Waals surface area contributed by atoms with Gasteiger partial charge in [0, 0.05) is 25.4 Å². The Kier molecular flexibility index (Phi) is 2.98. The van der Waals surface area contributed by atoms with Crippen LogP contribution < -0.4 is 0 Å². The zero-order chi connectivity index (χ0) is 10.5. The van der Waals surface area contributed by atoms with Gasteiger partial charge in [-0.15, -0.1) is 6.58 Å². The standard InChI is InChI=1S/C13H14N2/c1-2-6-13-14-9-10-15(13)11-12-7-4-3-5-8-12/h2-5,7-10H,1,6,11H2. The minimum absolute atomic E-state index is 0.819. The second-order valence-corrected chi connectivity index (χ2v) is 3.45. The molecule has 2 rings (SSSR count). The summed E-state index contributed by atoms with van der Waals surface area (Å²) >= 11 is 0. The second-order valence-electron chi connectivity index (χ2n) is 3.45. The monoisotopic (exact) mass is 198 g/mol. The third-order valence-corrected chi connectivity index (χ3v) is 2.32. The molecule has 2 heteroatoms. The lowest BCUT2D eigenvalue weighted by Crippen LogP contribution is -2.03. The summed E-state index contributed by atoms with van der Waals surface area (Å²) in [6, 6.07) is 10.4. The molecule has 76 valence electrons. The Morgan fingerprint density at radius 3 is 2.80 bits per heavy atom. The number of rotatable bonds is 4. The van der Waals surface area contributed by atoms with Gasteiger partial charge in [0.25, 0.3) is 0 Å². The molecule has 2 aromatic rings. The summed E-state index contributed by atoms with van der Waals surface area (Å²) in [5, 5.41) is 0. The van der Waals surface area contributed by atoms with E-state index in [1.165, 1.54) is 5.56 Å². The molecule has 0 radical (unpaired) electrons. The van der Waals surface area contributed by atoms with Gasteiger partial charge in [-0.1, -0.05) is 36.4 Å². The molecule has 0 bridgehead atoms. The molecule has 15 heavy (non-hydrogen) atoms. The van der Waals surface area contributed by atoms with Crippen LogP contribution in [0.1, 0.15) is 11.4 Å². The van der Waals surface area contributed by atoms with Gasteiger partial charge >= 0.3 is 0 Å². The molecule has 0 saturated heterocycles. The Labute approximate surface area is 89.9 Å². The minimum Gasteiger partial charge on any atom is -0.330 e. The summed E-state index contributed by atoms with van der Waals surface area (Å²) < 4.78 is 2.15. The van der Waals surface area contributed by atoms with Gasteiger partial charge in [-0.25, -0.2) is 4.98 Å². The van der Waals surface area contributed by atoms with E-state index in [2.05, 4.69) is 40.4 Å². The van der Waals surface area contributed by atoms with Gasteiger partial charge in [0.05, 0.1) is 0 Å². The molecule has 1 heterocycles. The molecule has 0 atom stereocenters. The largest absolute Gasteiger partial charge is 0.330 e. The summed E-state index contributed by atoms with van der Waals surface area (Å²) in [5.74, 6) is 1.06. The number of nitrogens with zero attached hydrogens (tertiary/aromatic N) is 2. The Balaban J connectivity index is 2.17. The Morgan fingerprint density at radius 1 is 1.27 bits per heavy atom. The van der Waals surface area contributed by atoms with Gasteiger partial charge in [-0.3, -0.25) is 0 Å². The van der Waals surface area contributed by atoms with Crippen LogP contribution >= 0.6 is 0 Å². The van der Waals surface area contributed by atoms with Crippen molar-refractivity contribution in [2.75, 3.05) is 0 Å². The van der Waals surface area contributed by atoms with E-state index in [1.807, 2.05) is 24.5 Å². The molecule has 2 nitrogen and oxygen atoms in total. The highest BCUT2D eigenvalue weighted by Crippen LogP contribution is 2.05. The van der Waals surface area contributed by atoms with Crippen molar-refractivity contribution in [2.45, 2.75) is 13.0 Å². The third-order valence-electron chi connectivity index (χ3n) is 2.32. The lowest BCUT2D eigenvalue weighted by atomic mass is 10.2. The van der Waals surface area contributed by atoms with Crippen molar-refractivity contribution >= 4 is 0 Å². The number of imidazole rings is 1. The molecule has 1 aromatic heterocycles. The molecular weight excluding hydrogens is 184 g/mol. The molecule has 1 aromatic carbocycles. The lowest BCUT2D eigenvalue weighted by molar-refractivity contribution is 0.745. The maximum atomic E-state index is 4.29. The molecule has 0 N–H and O–H groups in total. The number of hydrogen-bond acceptors (Lipinski definition) is 1.